The van der Waals surface area contributed by atoms with E-state index in [9.17, 15) is 0 Å². The molecule has 2 rings (SSSR count). The van der Waals surface area contributed by atoms with E-state index in [4.69, 9.17) is 0 Å². The molecule has 6 heteroatoms. The van der Waals surface area contributed by atoms with Gasteiger partial charge in [0.15, 0.2) is 5.96 Å². The van der Waals surface area contributed by atoms with Gasteiger partial charge in [0.25, 0.3) is 0 Å². The average Bonchev–Trinajstić information content (AvgIpc) is 2.93. The first-order chi connectivity index (χ1) is 12.0. The van der Waals surface area contributed by atoms with Crippen LogP contribution in [0.25, 0.3) is 0 Å². The number of nitrogens with zero attached hydrogens (tertiary/aromatic N) is 3. The average molecular weight is 406 g/mol. The highest BCUT2D eigenvalue weighted by Gasteiger charge is 2.15. The molecule has 2 aromatic rings. The fourth-order valence-corrected chi connectivity index (χ4v) is 3.70. The van der Waals surface area contributed by atoms with Crippen molar-refractivity contribution in [3.63, 3.8) is 0 Å². The Morgan fingerprint density at radius 1 is 1.28 bits per heavy atom. The van der Waals surface area contributed by atoms with E-state index in [-0.39, 0.29) is 6.04 Å². The van der Waals surface area contributed by atoms with Gasteiger partial charge in [-0.15, -0.1) is 0 Å². The van der Waals surface area contributed by atoms with Gasteiger partial charge in [0, 0.05) is 36.4 Å². The first-order valence-corrected chi connectivity index (χ1v) is 9.56. The Bertz CT molecular complexity index is 735. The van der Waals surface area contributed by atoms with E-state index in [1.54, 1.807) is 7.05 Å². The zero-order chi connectivity index (χ0) is 18.4. The van der Waals surface area contributed by atoms with E-state index < -0.39 is 0 Å². The number of benzene rings is 1. The number of aromatic nitrogens is 2. The second-order valence-corrected chi connectivity index (χ2v) is 6.87. The minimum Gasteiger partial charge on any atom is -0.352 e. The van der Waals surface area contributed by atoms with Crippen molar-refractivity contribution in [3.05, 3.63) is 51.3 Å². The van der Waals surface area contributed by atoms with Crippen molar-refractivity contribution in [1.29, 1.82) is 0 Å². The molecule has 1 unspecified atom stereocenters. The van der Waals surface area contributed by atoms with Gasteiger partial charge in [-0.2, -0.15) is 5.10 Å². The van der Waals surface area contributed by atoms with Crippen LogP contribution in [0.15, 0.2) is 33.7 Å². The summed E-state index contributed by atoms with van der Waals surface area (Å²) in [6, 6.07) is 8.38. The lowest BCUT2D eigenvalue weighted by Gasteiger charge is -2.19. The topological polar surface area (TPSA) is 54.2 Å². The lowest BCUT2D eigenvalue weighted by Crippen LogP contribution is -2.38. The number of rotatable bonds is 6. The van der Waals surface area contributed by atoms with Crippen molar-refractivity contribution >= 4 is 21.9 Å². The van der Waals surface area contributed by atoms with Crippen LogP contribution in [0, 0.1) is 0 Å². The summed E-state index contributed by atoms with van der Waals surface area (Å²) in [5.41, 5.74) is 4.92. The van der Waals surface area contributed by atoms with Crippen LogP contribution in [0.4, 0.5) is 0 Å². The van der Waals surface area contributed by atoms with Crippen molar-refractivity contribution in [2.45, 2.75) is 46.2 Å². The standard InChI is InChI=1S/C19H28BrN5/c1-6-17-15(18(7-2)25(5)24-17)12-22-19(21-4)23-13(3)14-10-8-9-11-16(14)20/h8-11,13H,6-7,12H2,1-5H3,(H2,21,22,23). The van der Waals surface area contributed by atoms with Crippen molar-refractivity contribution in [2.75, 3.05) is 7.05 Å². The summed E-state index contributed by atoms with van der Waals surface area (Å²) in [6.07, 6.45) is 1.91. The molecule has 25 heavy (non-hydrogen) atoms. The Hall–Kier alpha value is -1.82. The van der Waals surface area contributed by atoms with Gasteiger partial charge in [0.2, 0.25) is 0 Å². The van der Waals surface area contributed by atoms with Gasteiger partial charge < -0.3 is 10.6 Å². The molecule has 0 bridgehead atoms. The van der Waals surface area contributed by atoms with Crippen LogP contribution >= 0.6 is 15.9 Å². The van der Waals surface area contributed by atoms with Gasteiger partial charge in [-0.1, -0.05) is 48.0 Å². The minimum absolute atomic E-state index is 0.145. The Morgan fingerprint density at radius 2 is 2.00 bits per heavy atom. The summed E-state index contributed by atoms with van der Waals surface area (Å²) in [4.78, 5) is 4.37. The number of aliphatic imine (C=N–C) groups is 1. The third-order valence-corrected chi connectivity index (χ3v) is 5.13. The molecule has 0 saturated carbocycles. The van der Waals surface area contributed by atoms with Gasteiger partial charge in [-0.25, -0.2) is 0 Å². The predicted molar refractivity (Wildman–Crippen MR) is 108 cm³/mol. The first-order valence-electron chi connectivity index (χ1n) is 8.76. The molecule has 0 aliphatic heterocycles. The fourth-order valence-electron chi connectivity index (χ4n) is 3.07. The third-order valence-electron chi connectivity index (χ3n) is 4.41. The maximum absolute atomic E-state index is 4.63. The highest BCUT2D eigenvalue weighted by atomic mass is 79.9. The summed E-state index contributed by atoms with van der Waals surface area (Å²) in [5.74, 6) is 0.788. The van der Waals surface area contributed by atoms with Crippen LogP contribution in [0.5, 0.6) is 0 Å². The smallest absolute Gasteiger partial charge is 0.191 e. The molecule has 0 saturated heterocycles. The largest absolute Gasteiger partial charge is 0.352 e. The molecule has 136 valence electrons. The van der Waals surface area contributed by atoms with E-state index in [1.165, 1.54) is 16.8 Å². The minimum atomic E-state index is 0.145. The van der Waals surface area contributed by atoms with E-state index in [0.717, 1.165) is 35.5 Å². The summed E-state index contributed by atoms with van der Waals surface area (Å²) in [7, 11) is 3.82. The van der Waals surface area contributed by atoms with E-state index in [0.29, 0.717) is 0 Å². The summed E-state index contributed by atoms with van der Waals surface area (Å²) in [5, 5.41) is 11.5. The Morgan fingerprint density at radius 3 is 2.60 bits per heavy atom. The molecule has 0 aliphatic carbocycles. The molecule has 1 heterocycles. The van der Waals surface area contributed by atoms with E-state index in [2.05, 4.69) is 69.6 Å². The van der Waals surface area contributed by atoms with Gasteiger partial charge in [0.1, 0.15) is 0 Å². The lowest BCUT2D eigenvalue weighted by atomic mass is 10.1. The monoisotopic (exact) mass is 405 g/mol. The second kappa shape index (κ2) is 9.04. The van der Waals surface area contributed by atoms with E-state index >= 15 is 0 Å². The zero-order valence-corrected chi connectivity index (χ0v) is 17.3. The van der Waals surface area contributed by atoms with Crippen LogP contribution in [0.2, 0.25) is 0 Å². The highest BCUT2D eigenvalue weighted by Crippen LogP contribution is 2.22. The fraction of sp³-hybridized carbons (Fsp3) is 0.474. The van der Waals surface area contributed by atoms with Crippen molar-refractivity contribution in [2.24, 2.45) is 12.0 Å². The number of hydrogen-bond donors (Lipinski definition) is 2. The van der Waals surface area contributed by atoms with Crippen molar-refractivity contribution in [1.82, 2.24) is 20.4 Å². The number of halogens is 1. The van der Waals surface area contributed by atoms with Crippen LogP contribution in [0.3, 0.4) is 0 Å². The van der Waals surface area contributed by atoms with Gasteiger partial charge in [-0.3, -0.25) is 9.67 Å². The quantitative estimate of drug-likeness (QED) is 0.568. The molecule has 1 atom stereocenters. The third kappa shape index (κ3) is 4.63. The van der Waals surface area contributed by atoms with Crippen LogP contribution in [-0.2, 0) is 26.4 Å². The van der Waals surface area contributed by atoms with Gasteiger partial charge in [-0.05, 0) is 31.4 Å². The molecule has 0 aliphatic rings. The molecule has 2 N–H and O–H groups in total. The Labute approximate surface area is 159 Å². The summed E-state index contributed by atoms with van der Waals surface area (Å²) >= 11 is 3.61. The van der Waals surface area contributed by atoms with Crippen LogP contribution in [0.1, 0.15) is 49.3 Å². The second-order valence-electron chi connectivity index (χ2n) is 6.02. The molecule has 0 amide bonds. The Balaban J connectivity index is 2.08. The number of guanidine groups is 1. The van der Waals surface area contributed by atoms with E-state index in [1.807, 2.05) is 23.9 Å². The molecule has 1 aromatic heterocycles. The molecule has 0 spiro atoms. The Kier molecular flexibility index (Phi) is 7.05. The molecular weight excluding hydrogens is 378 g/mol. The van der Waals surface area contributed by atoms with Crippen molar-refractivity contribution in [3.8, 4) is 0 Å². The summed E-state index contributed by atoms with van der Waals surface area (Å²) in [6.45, 7) is 7.17. The van der Waals surface area contributed by atoms with Crippen LogP contribution in [-0.4, -0.2) is 22.8 Å². The molecule has 1 aromatic carbocycles. The van der Waals surface area contributed by atoms with Gasteiger partial charge in [0.05, 0.1) is 11.7 Å². The van der Waals surface area contributed by atoms with Crippen molar-refractivity contribution < 1.29 is 0 Å². The number of hydrogen-bond acceptors (Lipinski definition) is 2. The normalized spacial score (nSPS) is 13.0. The molecule has 0 radical (unpaired) electrons. The maximum atomic E-state index is 4.63. The van der Waals surface area contributed by atoms with Crippen LogP contribution < -0.4 is 10.6 Å². The lowest BCUT2D eigenvalue weighted by molar-refractivity contribution is 0.679. The maximum Gasteiger partial charge on any atom is 0.191 e. The van der Waals surface area contributed by atoms with Gasteiger partial charge >= 0.3 is 0 Å². The zero-order valence-electron chi connectivity index (χ0n) is 15.7. The predicted octanol–water partition coefficient (Wildman–Crippen LogP) is 3.73. The number of nitrogens with one attached hydrogen (secondary N) is 2. The number of aryl methyl sites for hydroxylation is 2. The molecule has 5 nitrogen and oxygen atoms in total. The first kappa shape index (κ1) is 19.5. The SMILES string of the molecule is CCc1nn(C)c(CC)c1CNC(=NC)NC(C)c1ccccc1Br. The summed E-state index contributed by atoms with van der Waals surface area (Å²) < 4.78 is 3.09. The molecule has 0 fully saturated rings. The molecular formula is C19H28BrN5. The highest BCUT2D eigenvalue weighted by molar-refractivity contribution is 9.10.